The van der Waals surface area contributed by atoms with Gasteiger partial charge in [-0.15, -0.1) is 0 Å². The number of nitrogens with zero attached hydrogens (tertiary/aromatic N) is 2. The zero-order valence-electron chi connectivity index (χ0n) is 13.5. The standard InChI is InChI=1S/C20H20N2O/c1-15-6-7-18(11-16(15)2)20-12-17(8-10-22-20)13-23-14-19-5-3-4-9-21-19/h3-12H,13-14H2,1-2H3. The first-order chi connectivity index (χ1) is 11.2. The summed E-state index contributed by atoms with van der Waals surface area (Å²) in [5.41, 5.74) is 6.75. The zero-order valence-corrected chi connectivity index (χ0v) is 13.5. The summed E-state index contributed by atoms with van der Waals surface area (Å²) in [7, 11) is 0. The average molecular weight is 304 g/mol. The van der Waals surface area contributed by atoms with Gasteiger partial charge in [0.25, 0.3) is 0 Å². The Morgan fingerprint density at radius 2 is 1.74 bits per heavy atom. The van der Waals surface area contributed by atoms with E-state index in [4.69, 9.17) is 4.74 Å². The first kappa shape index (κ1) is 15.4. The minimum Gasteiger partial charge on any atom is -0.370 e. The number of benzene rings is 1. The highest BCUT2D eigenvalue weighted by atomic mass is 16.5. The Kier molecular flexibility index (Phi) is 4.79. The molecule has 3 nitrogen and oxygen atoms in total. The molecule has 0 aliphatic rings. The second-order valence-corrected chi connectivity index (χ2v) is 5.66. The maximum Gasteiger partial charge on any atom is 0.0892 e. The molecule has 0 spiro atoms. The monoisotopic (exact) mass is 304 g/mol. The molecule has 0 N–H and O–H groups in total. The molecular weight excluding hydrogens is 284 g/mol. The van der Waals surface area contributed by atoms with Gasteiger partial charge in [-0.3, -0.25) is 9.97 Å². The Morgan fingerprint density at radius 1 is 0.826 bits per heavy atom. The van der Waals surface area contributed by atoms with Crippen molar-refractivity contribution in [2.24, 2.45) is 0 Å². The van der Waals surface area contributed by atoms with Crippen LogP contribution in [0.5, 0.6) is 0 Å². The summed E-state index contributed by atoms with van der Waals surface area (Å²) in [5, 5.41) is 0. The van der Waals surface area contributed by atoms with Crippen molar-refractivity contribution in [2.75, 3.05) is 0 Å². The lowest BCUT2D eigenvalue weighted by atomic mass is 10.0. The van der Waals surface area contributed by atoms with E-state index in [-0.39, 0.29) is 0 Å². The van der Waals surface area contributed by atoms with E-state index in [0.717, 1.165) is 22.5 Å². The second kappa shape index (κ2) is 7.16. The molecule has 3 heteroatoms. The van der Waals surface area contributed by atoms with Gasteiger partial charge in [0.05, 0.1) is 24.6 Å². The number of hydrogen-bond acceptors (Lipinski definition) is 3. The van der Waals surface area contributed by atoms with Crippen LogP contribution in [0.25, 0.3) is 11.3 Å². The van der Waals surface area contributed by atoms with E-state index < -0.39 is 0 Å². The molecule has 0 radical (unpaired) electrons. The van der Waals surface area contributed by atoms with Gasteiger partial charge >= 0.3 is 0 Å². The summed E-state index contributed by atoms with van der Waals surface area (Å²) in [6, 6.07) is 16.3. The normalized spacial score (nSPS) is 10.7. The van der Waals surface area contributed by atoms with Gasteiger partial charge in [-0.2, -0.15) is 0 Å². The number of pyridine rings is 2. The van der Waals surface area contributed by atoms with Gasteiger partial charge in [-0.1, -0.05) is 18.2 Å². The predicted molar refractivity (Wildman–Crippen MR) is 91.9 cm³/mol. The largest absolute Gasteiger partial charge is 0.370 e. The molecule has 0 atom stereocenters. The van der Waals surface area contributed by atoms with Crippen LogP contribution < -0.4 is 0 Å². The van der Waals surface area contributed by atoms with Gasteiger partial charge in [0.1, 0.15) is 0 Å². The van der Waals surface area contributed by atoms with Crippen molar-refractivity contribution in [1.82, 2.24) is 9.97 Å². The van der Waals surface area contributed by atoms with Gasteiger partial charge in [-0.25, -0.2) is 0 Å². The summed E-state index contributed by atoms with van der Waals surface area (Å²) in [4.78, 5) is 8.73. The maximum absolute atomic E-state index is 5.75. The fraction of sp³-hybridized carbons (Fsp3) is 0.200. The number of aryl methyl sites for hydroxylation is 2. The highest BCUT2D eigenvalue weighted by molar-refractivity contribution is 5.61. The van der Waals surface area contributed by atoms with Crippen LogP contribution in [-0.4, -0.2) is 9.97 Å². The van der Waals surface area contributed by atoms with Crippen molar-refractivity contribution in [3.63, 3.8) is 0 Å². The molecule has 1 aromatic carbocycles. The van der Waals surface area contributed by atoms with E-state index >= 15 is 0 Å². The third-order valence-electron chi connectivity index (χ3n) is 3.87. The minimum atomic E-state index is 0.516. The van der Waals surface area contributed by atoms with E-state index in [1.807, 2.05) is 30.5 Å². The molecule has 0 saturated carbocycles. The highest BCUT2D eigenvalue weighted by Crippen LogP contribution is 2.21. The summed E-state index contributed by atoms with van der Waals surface area (Å²) in [6.07, 6.45) is 3.62. The molecule has 3 aromatic rings. The van der Waals surface area contributed by atoms with Crippen LogP contribution in [0.4, 0.5) is 0 Å². The number of rotatable bonds is 5. The summed E-state index contributed by atoms with van der Waals surface area (Å²) < 4.78 is 5.75. The van der Waals surface area contributed by atoms with E-state index in [2.05, 4.69) is 48.1 Å². The van der Waals surface area contributed by atoms with Crippen molar-refractivity contribution < 1.29 is 4.74 Å². The van der Waals surface area contributed by atoms with Crippen LogP contribution in [0, 0.1) is 13.8 Å². The molecule has 2 heterocycles. The average Bonchev–Trinajstić information content (AvgIpc) is 2.59. The van der Waals surface area contributed by atoms with Crippen LogP contribution in [-0.2, 0) is 18.0 Å². The molecule has 0 aliphatic heterocycles. The first-order valence-corrected chi connectivity index (χ1v) is 7.72. The molecule has 0 aliphatic carbocycles. The summed E-state index contributed by atoms with van der Waals surface area (Å²) in [6.45, 7) is 5.31. The molecule has 116 valence electrons. The lowest BCUT2D eigenvalue weighted by Crippen LogP contribution is -1.97. The fourth-order valence-electron chi connectivity index (χ4n) is 2.38. The van der Waals surface area contributed by atoms with E-state index in [9.17, 15) is 0 Å². The van der Waals surface area contributed by atoms with E-state index in [0.29, 0.717) is 13.2 Å². The summed E-state index contributed by atoms with van der Waals surface area (Å²) >= 11 is 0. The number of aromatic nitrogens is 2. The molecule has 0 saturated heterocycles. The Labute approximate surface area is 137 Å². The molecule has 0 amide bonds. The molecule has 2 aromatic heterocycles. The molecule has 23 heavy (non-hydrogen) atoms. The smallest absolute Gasteiger partial charge is 0.0892 e. The van der Waals surface area contributed by atoms with Crippen molar-refractivity contribution in [2.45, 2.75) is 27.1 Å². The van der Waals surface area contributed by atoms with Crippen molar-refractivity contribution in [3.8, 4) is 11.3 Å². The molecule has 0 fully saturated rings. The van der Waals surface area contributed by atoms with Crippen LogP contribution in [0.3, 0.4) is 0 Å². The van der Waals surface area contributed by atoms with Crippen LogP contribution >= 0.6 is 0 Å². The van der Waals surface area contributed by atoms with Crippen LogP contribution in [0.2, 0.25) is 0 Å². The van der Waals surface area contributed by atoms with Gasteiger partial charge in [0.2, 0.25) is 0 Å². The lowest BCUT2D eigenvalue weighted by Gasteiger charge is -2.08. The minimum absolute atomic E-state index is 0.516. The van der Waals surface area contributed by atoms with Crippen molar-refractivity contribution in [3.05, 3.63) is 83.3 Å². The highest BCUT2D eigenvalue weighted by Gasteiger charge is 2.03. The van der Waals surface area contributed by atoms with Gasteiger partial charge in [0, 0.05) is 18.0 Å². The number of hydrogen-bond donors (Lipinski definition) is 0. The Bertz CT molecular complexity index is 785. The van der Waals surface area contributed by atoms with Gasteiger partial charge in [-0.05, 0) is 60.9 Å². The van der Waals surface area contributed by atoms with Crippen molar-refractivity contribution >= 4 is 0 Å². The summed E-state index contributed by atoms with van der Waals surface area (Å²) in [5.74, 6) is 0. The molecular formula is C20H20N2O. The third-order valence-corrected chi connectivity index (χ3v) is 3.87. The fourth-order valence-corrected chi connectivity index (χ4v) is 2.38. The van der Waals surface area contributed by atoms with Crippen LogP contribution in [0.15, 0.2) is 60.9 Å². The maximum atomic E-state index is 5.75. The second-order valence-electron chi connectivity index (χ2n) is 5.66. The SMILES string of the molecule is Cc1ccc(-c2cc(COCc3ccccn3)ccn2)cc1C. The van der Waals surface area contributed by atoms with Crippen molar-refractivity contribution in [1.29, 1.82) is 0 Å². The van der Waals surface area contributed by atoms with E-state index in [1.165, 1.54) is 11.1 Å². The predicted octanol–water partition coefficient (Wildman–Crippen LogP) is 4.48. The first-order valence-electron chi connectivity index (χ1n) is 7.72. The Balaban J connectivity index is 1.68. The third kappa shape index (κ3) is 4.02. The Hall–Kier alpha value is -2.52. The quantitative estimate of drug-likeness (QED) is 0.697. The van der Waals surface area contributed by atoms with Crippen LogP contribution in [0.1, 0.15) is 22.4 Å². The van der Waals surface area contributed by atoms with Gasteiger partial charge in [0.15, 0.2) is 0 Å². The topological polar surface area (TPSA) is 35.0 Å². The molecule has 3 rings (SSSR count). The van der Waals surface area contributed by atoms with E-state index in [1.54, 1.807) is 6.20 Å². The molecule has 0 unspecified atom stereocenters. The lowest BCUT2D eigenvalue weighted by molar-refractivity contribution is 0.104. The zero-order chi connectivity index (χ0) is 16.1. The van der Waals surface area contributed by atoms with Gasteiger partial charge < -0.3 is 4.74 Å². The molecule has 0 bridgehead atoms. The Morgan fingerprint density at radius 3 is 2.52 bits per heavy atom. The number of ether oxygens (including phenoxy) is 1.